The molecule has 0 saturated heterocycles. The molecule has 2 aromatic rings. The molecule has 1 amide bonds. The summed E-state index contributed by atoms with van der Waals surface area (Å²) in [6, 6.07) is 2.78. The summed E-state index contributed by atoms with van der Waals surface area (Å²) in [6.45, 7) is 0. The first kappa shape index (κ1) is 14.2. The minimum atomic E-state index is -4.61. The van der Waals surface area contributed by atoms with Crippen LogP contribution in [0.5, 0.6) is 0 Å². The van der Waals surface area contributed by atoms with Crippen LogP contribution in [0, 0.1) is 0 Å². The van der Waals surface area contributed by atoms with E-state index in [0.717, 1.165) is 18.4 Å². The highest BCUT2D eigenvalue weighted by molar-refractivity contribution is 6.31. The fourth-order valence-electron chi connectivity index (χ4n) is 1.41. The average molecular weight is 306 g/mol. The molecule has 0 bridgehead atoms. The molecule has 0 spiro atoms. The summed E-state index contributed by atoms with van der Waals surface area (Å²) in [5.41, 5.74) is 3.92. The number of hydrogen-bond donors (Lipinski definition) is 2. The van der Waals surface area contributed by atoms with Crippen LogP contribution in [0.25, 0.3) is 0 Å². The van der Waals surface area contributed by atoms with E-state index >= 15 is 0 Å². The van der Waals surface area contributed by atoms with Gasteiger partial charge in [0, 0.05) is 5.69 Å². The van der Waals surface area contributed by atoms with Crippen molar-refractivity contribution in [1.29, 1.82) is 0 Å². The Hall–Kier alpha value is -2.22. The average Bonchev–Trinajstić information content (AvgIpc) is 2.77. The monoisotopic (exact) mass is 305 g/mol. The van der Waals surface area contributed by atoms with Crippen molar-refractivity contribution in [2.75, 3.05) is 11.1 Å². The molecule has 9 heteroatoms. The molecule has 0 saturated carbocycles. The first-order valence-electron chi connectivity index (χ1n) is 5.16. The van der Waals surface area contributed by atoms with Crippen molar-refractivity contribution in [2.24, 2.45) is 0 Å². The highest BCUT2D eigenvalue weighted by Gasteiger charge is 2.33. The van der Waals surface area contributed by atoms with E-state index in [1.807, 2.05) is 0 Å². The second-order valence-corrected chi connectivity index (χ2v) is 4.12. The van der Waals surface area contributed by atoms with Crippen molar-refractivity contribution in [3.05, 3.63) is 40.7 Å². The van der Waals surface area contributed by atoms with Gasteiger partial charge in [0.15, 0.2) is 5.69 Å². The number of hydrogen-bond acceptors (Lipinski definition) is 4. The summed E-state index contributed by atoms with van der Waals surface area (Å²) in [6.07, 6.45) is -3.62. The molecule has 5 nitrogen and oxygen atoms in total. The van der Waals surface area contributed by atoms with Crippen molar-refractivity contribution in [2.45, 2.75) is 6.18 Å². The molecule has 1 heterocycles. The molecule has 1 aromatic carbocycles. The summed E-state index contributed by atoms with van der Waals surface area (Å²) >= 11 is 5.46. The number of benzene rings is 1. The third-order valence-electron chi connectivity index (χ3n) is 2.28. The Morgan fingerprint density at radius 1 is 1.40 bits per heavy atom. The van der Waals surface area contributed by atoms with Gasteiger partial charge >= 0.3 is 6.18 Å². The predicted molar refractivity (Wildman–Crippen MR) is 65.3 cm³/mol. The normalized spacial score (nSPS) is 11.4. The Morgan fingerprint density at radius 3 is 2.65 bits per heavy atom. The maximum Gasteiger partial charge on any atom is 0.417 e. The number of nitrogens with two attached hydrogens (primary N) is 1. The standard InChI is InChI=1S/C11H7ClF3N3O2/c12-7-2-1-5(3-6(7)11(13,14)15)17-9(19)8-4-20-10(16)18-8/h1-4H,(H2,16,18)(H,17,19). The third kappa shape index (κ3) is 3.02. The van der Waals surface area contributed by atoms with Crippen molar-refractivity contribution >= 4 is 29.2 Å². The lowest BCUT2D eigenvalue weighted by atomic mass is 10.2. The van der Waals surface area contributed by atoms with E-state index in [4.69, 9.17) is 17.3 Å². The number of alkyl halides is 3. The van der Waals surface area contributed by atoms with Gasteiger partial charge < -0.3 is 15.5 Å². The van der Waals surface area contributed by atoms with Crippen LogP contribution in [0.2, 0.25) is 5.02 Å². The Morgan fingerprint density at radius 2 is 2.10 bits per heavy atom. The highest BCUT2D eigenvalue weighted by Crippen LogP contribution is 2.36. The minimum absolute atomic E-state index is 0.0757. The quantitative estimate of drug-likeness (QED) is 0.893. The SMILES string of the molecule is Nc1nc(C(=O)Nc2ccc(Cl)c(C(F)(F)F)c2)co1. The minimum Gasteiger partial charge on any atom is -0.431 e. The topological polar surface area (TPSA) is 81.1 Å². The van der Waals surface area contributed by atoms with Gasteiger partial charge in [0.25, 0.3) is 11.9 Å². The van der Waals surface area contributed by atoms with E-state index in [1.165, 1.54) is 6.07 Å². The zero-order chi connectivity index (χ0) is 14.9. The number of carbonyl (C=O) groups excluding carboxylic acids is 1. The molecule has 2 rings (SSSR count). The van der Waals surface area contributed by atoms with Gasteiger partial charge in [0.1, 0.15) is 6.26 Å². The fourth-order valence-corrected chi connectivity index (χ4v) is 1.63. The van der Waals surface area contributed by atoms with Gasteiger partial charge in [-0.2, -0.15) is 18.2 Å². The lowest BCUT2D eigenvalue weighted by molar-refractivity contribution is -0.137. The van der Waals surface area contributed by atoms with Crippen LogP contribution in [-0.2, 0) is 6.18 Å². The number of amides is 1. The molecular weight excluding hydrogens is 299 g/mol. The van der Waals surface area contributed by atoms with E-state index in [1.54, 1.807) is 0 Å². The second-order valence-electron chi connectivity index (χ2n) is 3.72. The van der Waals surface area contributed by atoms with Crippen molar-refractivity contribution in [3.8, 4) is 0 Å². The number of rotatable bonds is 2. The Bertz CT molecular complexity index is 655. The number of anilines is 2. The van der Waals surface area contributed by atoms with Crippen LogP contribution in [0.3, 0.4) is 0 Å². The first-order chi connectivity index (χ1) is 9.27. The molecular formula is C11H7ClF3N3O2. The number of halogens is 4. The van der Waals surface area contributed by atoms with E-state index < -0.39 is 22.7 Å². The number of carbonyl (C=O) groups is 1. The molecule has 0 fully saturated rings. The maximum atomic E-state index is 12.7. The first-order valence-corrected chi connectivity index (χ1v) is 5.54. The highest BCUT2D eigenvalue weighted by atomic mass is 35.5. The molecule has 0 aliphatic rings. The van der Waals surface area contributed by atoms with Gasteiger partial charge in [0.05, 0.1) is 10.6 Å². The summed E-state index contributed by atoms with van der Waals surface area (Å²) in [5, 5.41) is 1.78. The van der Waals surface area contributed by atoms with Crippen LogP contribution in [0.4, 0.5) is 24.9 Å². The van der Waals surface area contributed by atoms with Gasteiger partial charge in [-0.1, -0.05) is 11.6 Å². The van der Waals surface area contributed by atoms with Crippen molar-refractivity contribution in [1.82, 2.24) is 4.98 Å². The Labute approximate surface area is 115 Å². The summed E-state index contributed by atoms with van der Waals surface area (Å²) in [5.74, 6) is -0.749. The predicted octanol–water partition coefficient (Wildman–Crippen LogP) is 3.18. The number of nitrogens with one attached hydrogen (secondary N) is 1. The number of aromatic nitrogens is 1. The van der Waals surface area contributed by atoms with Gasteiger partial charge in [-0.15, -0.1) is 0 Å². The Kier molecular flexibility index (Phi) is 3.58. The van der Waals surface area contributed by atoms with Gasteiger partial charge in [0.2, 0.25) is 0 Å². The van der Waals surface area contributed by atoms with Crippen LogP contribution in [0.15, 0.2) is 28.9 Å². The fraction of sp³-hybridized carbons (Fsp3) is 0.0909. The smallest absolute Gasteiger partial charge is 0.417 e. The summed E-state index contributed by atoms with van der Waals surface area (Å²) < 4.78 is 42.6. The van der Waals surface area contributed by atoms with Gasteiger partial charge in [-0.3, -0.25) is 4.79 Å². The zero-order valence-electron chi connectivity index (χ0n) is 9.66. The molecule has 3 N–H and O–H groups in total. The molecule has 20 heavy (non-hydrogen) atoms. The van der Waals surface area contributed by atoms with Crippen molar-refractivity contribution < 1.29 is 22.4 Å². The summed E-state index contributed by atoms with van der Waals surface area (Å²) in [4.78, 5) is 15.2. The van der Waals surface area contributed by atoms with E-state index in [-0.39, 0.29) is 17.4 Å². The molecule has 0 atom stereocenters. The van der Waals surface area contributed by atoms with E-state index in [9.17, 15) is 18.0 Å². The van der Waals surface area contributed by atoms with Crippen LogP contribution < -0.4 is 11.1 Å². The lowest BCUT2D eigenvalue weighted by Gasteiger charge is -2.11. The molecule has 0 unspecified atom stereocenters. The second kappa shape index (κ2) is 5.04. The van der Waals surface area contributed by atoms with E-state index in [0.29, 0.717) is 0 Å². The van der Waals surface area contributed by atoms with Gasteiger partial charge in [-0.25, -0.2) is 0 Å². The van der Waals surface area contributed by atoms with Crippen LogP contribution in [0.1, 0.15) is 16.1 Å². The third-order valence-corrected chi connectivity index (χ3v) is 2.61. The van der Waals surface area contributed by atoms with E-state index in [2.05, 4.69) is 14.7 Å². The number of nitrogens with zero attached hydrogens (tertiary/aromatic N) is 1. The van der Waals surface area contributed by atoms with Crippen LogP contribution in [-0.4, -0.2) is 10.9 Å². The van der Waals surface area contributed by atoms with Crippen molar-refractivity contribution in [3.63, 3.8) is 0 Å². The van der Waals surface area contributed by atoms with Gasteiger partial charge in [-0.05, 0) is 18.2 Å². The van der Waals surface area contributed by atoms with Crippen LogP contribution >= 0.6 is 11.6 Å². The molecule has 0 aliphatic heterocycles. The lowest BCUT2D eigenvalue weighted by Crippen LogP contribution is -2.14. The molecule has 0 aliphatic carbocycles. The zero-order valence-corrected chi connectivity index (χ0v) is 10.4. The Balaban J connectivity index is 2.24. The number of oxazole rings is 1. The molecule has 1 aromatic heterocycles. The summed E-state index contributed by atoms with van der Waals surface area (Å²) in [7, 11) is 0. The molecule has 0 radical (unpaired) electrons. The maximum absolute atomic E-state index is 12.7. The number of nitrogen functional groups attached to an aromatic ring is 1. The largest absolute Gasteiger partial charge is 0.431 e. The molecule has 106 valence electrons.